The summed E-state index contributed by atoms with van der Waals surface area (Å²) in [6.45, 7) is 1.49. The summed E-state index contributed by atoms with van der Waals surface area (Å²) in [7, 11) is 0. The molecule has 8 heteroatoms. The van der Waals surface area contributed by atoms with E-state index in [4.69, 9.17) is 11.0 Å². The van der Waals surface area contributed by atoms with Crippen molar-refractivity contribution in [2.24, 2.45) is 10.7 Å². The van der Waals surface area contributed by atoms with Crippen LogP contribution in [0.3, 0.4) is 0 Å². The van der Waals surface area contributed by atoms with Crippen molar-refractivity contribution in [1.82, 2.24) is 5.32 Å². The molecule has 4 N–H and O–H groups in total. The van der Waals surface area contributed by atoms with Crippen LogP contribution in [-0.4, -0.2) is 17.0 Å². The second-order valence-corrected chi connectivity index (χ2v) is 4.96. The molecule has 0 heterocycles. The number of aliphatic imine (C=N–C) groups is 1. The molecular weight excluding hydrogens is 325 g/mol. The molecule has 0 atom stereocenters. The molecule has 0 aliphatic carbocycles. The fraction of sp³-hybridized carbons (Fsp3) is 0.0588. The lowest BCUT2D eigenvalue weighted by Gasteiger charge is -2.15. The highest BCUT2D eigenvalue weighted by atomic mass is 19.1. The number of nitrogens with two attached hydrogens (primary N) is 1. The second-order valence-electron chi connectivity index (χ2n) is 4.96. The molecule has 0 saturated carbocycles. The molecule has 0 unspecified atom stereocenters. The van der Waals surface area contributed by atoms with E-state index in [9.17, 15) is 19.6 Å². The summed E-state index contributed by atoms with van der Waals surface area (Å²) in [6, 6.07) is 8.60. The number of benzene rings is 2. The van der Waals surface area contributed by atoms with Gasteiger partial charge in [0, 0.05) is 5.56 Å². The van der Waals surface area contributed by atoms with E-state index in [1.54, 1.807) is 0 Å². The zero-order valence-electron chi connectivity index (χ0n) is 13.0. The summed E-state index contributed by atoms with van der Waals surface area (Å²) >= 11 is 0. The van der Waals surface area contributed by atoms with Crippen LogP contribution in [0, 0.1) is 35.5 Å². The maximum atomic E-state index is 13.9. The number of hydrogen-bond acceptors (Lipinski definition) is 5. The van der Waals surface area contributed by atoms with E-state index in [1.165, 1.54) is 43.4 Å². The number of guanidine groups is 1. The number of aromatic hydroxyl groups is 1. The zero-order valence-corrected chi connectivity index (χ0v) is 13.0. The molecule has 124 valence electrons. The summed E-state index contributed by atoms with van der Waals surface area (Å²) in [5.41, 5.74) is 5.70. The number of nitrogens with one attached hydrogen (secondary N) is 1. The Balaban J connectivity index is 2.75. The Morgan fingerprint density at radius 3 is 2.68 bits per heavy atom. The summed E-state index contributed by atoms with van der Waals surface area (Å²) in [4.78, 5) is 15.6. The van der Waals surface area contributed by atoms with Crippen molar-refractivity contribution in [2.75, 3.05) is 0 Å². The van der Waals surface area contributed by atoms with Gasteiger partial charge in [-0.2, -0.15) is 10.5 Å². The van der Waals surface area contributed by atoms with E-state index in [1.807, 2.05) is 6.07 Å². The van der Waals surface area contributed by atoms with Gasteiger partial charge in [-0.25, -0.2) is 4.39 Å². The summed E-state index contributed by atoms with van der Waals surface area (Å²) in [5.74, 6) is -2.32. The number of nitrogens with zero attached hydrogens (tertiary/aromatic N) is 3. The molecular formula is C17H12FN5O2. The first-order valence-corrected chi connectivity index (χ1v) is 6.95. The van der Waals surface area contributed by atoms with Gasteiger partial charge in [0.15, 0.2) is 0 Å². The molecule has 2 rings (SSSR count). The van der Waals surface area contributed by atoms with E-state index >= 15 is 0 Å². The topological polar surface area (TPSA) is 135 Å². The van der Waals surface area contributed by atoms with Gasteiger partial charge >= 0.3 is 0 Å². The molecule has 0 radical (unpaired) electrons. The van der Waals surface area contributed by atoms with Gasteiger partial charge in [-0.1, -0.05) is 12.1 Å². The van der Waals surface area contributed by atoms with Gasteiger partial charge < -0.3 is 10.8 Å². The molecule has 2 aromatic rings. The average molecular weight is 337 g/mol. The van der Waals surface area contributed by atoms with Crippen LogP contribution < -0.4 is 11.1 Å². The molecule has 1 amide bonds. The molecule has 0 fully saturated rings. The Bertz CT molecular complexity index is 970. The van der Waals surface area contributed by atoms with Crippen molar-refractivity contribution in [2.45, 2.75) is 6.92 Å². The number of halogens is 1. The van der Waals surface area contributed by atoms with Crippen molar-refractivity contribution in [3.05, 3.63) is 52.8 Å². The van der Waals surface area contributed by atoms with Gasteiger partial charge in [0.1, 0.15) is 11.6 Å². The number of nitriles is 2. The Kier molecular flexibility index (Phi) is 4.96. The van der Waals surface area contributed by atoms with Crippen molar-refractivity contribution < 1.29 is 14.3 Å². The van der Waals surface area contributed by atoms with Crippen LogP contribution in [0.5, 0.6) is 5.75 Å². The maximum absolute atomic E-state index is 13.9. The molecule has 0 saturated heterocycles. The Morgan fingerprint density at radius 2 is 2.04 bits per heavy atom. The SMILES string of the molecule is Cc1c(F)cccc1-c1c(C#N)ccc(O)c1C(=O)NC(N)=NC#N. The van der Waals surface area contributed by atoms with Crippen LogP contribution in [0.1, 0.15) is 21.5 Å². The van der Waals surface area contributed by atoms with Crippen LogP contribution in [-0.2, 0) is 0 Å². The van der Waals surface area contributed by atoms with Crippen molar-refractivity contribution in [1.29, 1.82) is 10.5 Å². The lowest BCUT2D eigenvalue weighted by molar-refractivity contribution is 0.0974. The minimum Gasteiger partial charge on any atom is -0.507 e. The van der Waals surface area contributed by atoms with Gasteiger partial charge in [-0.05, 0) is 36.2 Å². The minimum absolute atomic E-state index is 0.0572. The van der Waals surface area contributed by atoms with Gasteiger partial charge in [0.2, 0.25) is 12.2 Å². The Hall–Kier alpha value is -3.91. The summed E-state index contributed by atoms with van der Waals surface area (Å²) < 4.78 is 13.9. The molecule has 25 heavy (non-hydrogen) atoms. The van der Waals surface area contributed by atoms with Gasteiger partial charge in [0.05, 0.1) is 17.2 Å². The van der Waals surface area contributed by atoms with Crippen LogP contribution >= 0.6 is 0 Å². The third kappa shape index (κ3) is 3.38. The summed E-state index contributed by atoms with van der Waals surface area (Å²) in [6.07, 6.45) is 1.41. The van der Waals surface area contributed by atoms with Gasteiger partial charge in [-0.3, -0.25) is 10.1 Å². The standard InChI is InChI=1S/C17H12FN5O2/c1-9-11(3-2-4-12(9)18)14-10(7-19)5-6-13(24)15(14)16(25)23-17(21)22-8-20/h2-6,24H,1H3,(H3,21,22,23,25). The second kappa shape index (κ2) is 7.11. The van der Waals surface area contributed by atoms with Gasteiger partial charge in [-0.15, -0.1) is 4.99 Å². The summed E-state index contributed by atoms with van der Waals surface area (Å²) in [5, 5.41) is 30.1. The Morgan fingerprint density at radius 1 is 1.32 bits per heavy atom. The number of hydrogen-bond donors (Lipinski definition) is 3. The highest BCUT2D eigenvalue weighted by molar-refractivity contribution is 6.11. The van der Waals surface area contributed by atoms with E-state index < -0.39 is 23.4 Å². The maximum Gasteiger partial charge on any atom is 0.262 e. The predicted molar refractivity (Wildman–Crippen MR) is 87.7 cm³/mol. The largest absolute Gasteiger partial charge is 0.507 e. The number of phenolic OH excluding ortho intramolecular Hbond substituents is 1. The third-order valence-corrected chi connectivity index (χ3v) is 3.48. The first-order chi connectivity index (χ1) is 11.9. The number of amides is 1. The van der Waals surface area contributed by atoms with Crippen LogP contribution in [0.2, 0.25) is 0 Å². The quantitative estimate of drug-likeness (QED) is 0.437. The predicted octanol–water partition coefficient (Wildman–Crippen LogP) is 1.90. The molecule has 0 aliphatic heterocycles. The first kappa shape index (κ1) is 17.4. The van der Waals surface area contributed by atoms with E-state index in [0.29, 0.717) is 0 Å². The van der Waals surface area contributed by atoms with E-state index in [-0.39, 0.29) is 27.8 Å². The molecule has 0 bridgehead atoms. The first-order valence-electron chi connectivity index (χ1n) is 6.95. The number of carbonyl (C=O) groups excluding carboxylic acids is 1. The lowest BCUT2D eigenvalue weighted by Crippen LogP contribution is -2.36. The molecule has 0 aromatic heterocycles. The van der Waals surface area contributed by atoms with Crippen molar-refractivity contribution >= 4 is 11.9 Å². The smallest absolute Gasteiger partial charge is 0.262 e. The fourth-order valence-corrected chi connectivity index (χ4v) is 2.33. The van der Waals surface area contributed by atoms with E-state index in [2.05, 4.69) is 10.3 Å². The normalized spacial score (nSPS) is 10.6. The molecule has 7 nitrogen and oxygen atoms in total. The lowest BCUT2D eigenvalue weighted by atomic mass is 9.90. The monoisotopic (exact) mass is 337 g/mol. The molecule has 0 spiro atoms. The fourth-order valence-electron chi connectivity index (χ4n) is 2.33. The number of phenols is 1. The number of rotatable bonds is 2. The molecule has 0 aliphatic rings. The Labute approximate surface area is 142 Å². The highest BCUT2D eigenvalue weighted by Gasteiger charge is 2.23. The average Bonchev–Trinajstić information content (AvgIpc) is 2.57. The van der Waals surface area contributed by atoms with Gasteiger partial charge in [0.25, 0.3) is 5.91 Å². The van der Waals surface area contributed by atoms with Crippen LogP contribution in [0.25, 0.3) is 11.1 Å². The highest BCUT2D eigenvalue weighted by Crippen LogP contribution is 2.35. The number of carbonyl (C=O) groups is 1. The van der Waals surface area contributed by atoms with Crippen molar-refractivity contribution in [3.63, 3.8) is 0 Å². The van der Waals surface area contributed by atoms with E-state index in [0.717, 1.165) is 0 Å². The zero-order chi connectivity index (χ0) is 18.6. The molecule has 2 aromatic carbocycles. The van der Waals surface area contributed by atoms with Crippen LogP contribution in [0.15, 0.2) is 35.3 Å². The minimum atomic E-state index is -0.884. The van der Waals surface area contributed by atoms with Crippen molar-refractivity contribution in [3.8, 4) is 29.1 Å². The third-order valence-electron chi connectivity index (χ3n) is 3.48. The van der Waals surface area contributed by atoms with Crippen LogP contribution in [0.4, 0.5) is 4.39 Å².